The van der Waals surface area contributed by atoms with Crippen molar-refractivity contribution in [1.29, 1.82) is 0 Å². The van der Waals surface area contributed by atoms with Crippen LogP contribution in [0.5, 0.6) is 0 Å². The van der Waals surface area contributed by atoms with E-state index in [1.165, 1.54) is 0 Å². The monoisotopic (exact) mass is 388 g/mol. The van der Waals surface area contributed by atoms with Crippen molar-refractivity contribution in [3.63, 3.8) is 0 Å². The molecule has 0 saturated carbocycles. The van der Waals surface area contributed by atoms with E-state index in [4.69, 9.17) is 4.74 Å². The normalized spacial score (nSPS) is 13.8. The van der Waals surface area contributed by atoms with Gasteiger partial charge in [0, 0.05) is 30.5 Å². The third-order valence-electron chi connectivity index (χ3n) is 4.93. The predicted octanol–water partition coefficient (Wildman–Crippen LogP) is 4.22. The summed E-state index contributed by atoms with van der Waals surface area (Å²) in [6.07, 6.45) is 1.65. The fourth-order valence-electron chi connectivity index (χ4n) is 3.35. The van der Waals surface area contributed by atoms with E-state index >= 15 is 0 Å². The quantitative estimate of drug-likeness (QED) is 0.685. The van der Waals surface area contributed by atoms with Crippen LogP contribution < -0.4 is 15.5 Å². The Morgan fingerprint density at radius 3 is 2.52 bits per heavy atom. The molecule has 6 heteroatoms. The first-order valence-corrected chi connectivity index (χ1v) is 9.72. The molecular formula is C23H24N4O2. The van der Waals surface area contributed by atoms with Gasteiger partial charge in [-0.15, -0.1) is 0 Å². The number of pyridine rings is 1. The van der Waals surface area contributed by atoms with E-state index in [0.717, 1.165) is 48.9 Å². The molecule has 4 rings (SSSR count). The van der Waals surface area contributed by atoms with Crippen LogP contribution in [-0.4, -0.2) is 37.2 Å². The van der Waals surface area contributed by atoms with Crippen LogP contribution in [0, 0.1) is 6.92 Å². The van der Waals surface area contributed by atoms with Gasteiger partial charge in [-0.05, 0) is 42.8 Å². The number of amides is 1. The standard InChI is InChI=1S/C23H24N4O2/c1-17-6-2-3-7-19(17)26-23(28)18-10-11-24-22(16-18)25-20-8-4-5-9-21(20)27-12-14-29-15-13-27/h2-11,16H,12-15H2,1H3,(H,24,25)(H,26,28). The summed E-state index contributed by atoms with van der Waals surface area (Å²) in [6.45, 7) is 5.12. The Labute approximate surface area is 170 Å². The zero-order valence-corrected chi connectivity index (χ0v) is 16.4. The lowest BCUT2D eigenvalue weighted by Crippen LogP contribution is -2.36. The molecule has 0 radical (unpaired) electrons. The lowest BCUT2D eigenvalue weighted by atomic mass is 10.2. The SMILES string of the molecule is Cc1ccccc1NC(=O)c1ccnc(Nc2ccccc2N2CCOCC2)c1. The minimum atomic E-state index is -0.161. The smallest absolute Gasteiger partial charge is 0.255 e. The molecule has 2 aromatic carbocycles. The number of rotatable bonds is 5. The number of carbonyl (C=O) groups is 1. The van der Waals surface area contributed by atoms with E-state index < -0.39 is 0 Å². The molecule has 0 spiro atoms. The zero-order chi connectivity index (χ0) is 20.1. The maximum Gasteiger partial charge on any atom is 0.255 e. The molecule has 6 nitrogen and oxygen atoms in total. The van der Waals surface area contributed by atoms with Gasteiger partial charge in [0.05, 0.1) is 24.6 Å². The number of aryl methyl sites for hydroxylation is 1. The topological polar surface area (TPSA) is 66.5 Å². The molecule has 0 unspecified atom stereocenters. The van der Waals surface area contributed by atoms with Crippen molar-refractivity contribution >= 4 is 28.8 Å². The fraction of sp³-hybridized carbons (Fsp3) is 0.217. The molecule has 148 valence electrons. The maximum atomic E-state index is 12.7. The van der Waals surface area contributed by atoms with Crippen LogP contribution in [0.15, 0.2) is 66.9 Å². The summed E-state index contributed by atoms with van der Waals surface area (Å²) in [7, 11) is 0. The van der Waals surface area contributed by atoms with Crippen LogP contribution in [-0.2, 0) is 4.74 Å². The average molecular weight is 388 g/mol. The molecule has 2 heterocycles. The van der Waals surface area contributed by atoms with Crippen molar-refractivity contribution in [1.82, 2.24) is 4.98 Å². The van der Waals surface area contributed by atoms with Gasteiger partial charge in [-0.2, -0.15) is 0 Å². The third-order valence-corrected chi connectivity index (χ3v) is 4.93. The number of para-hydroxylation sites is 3. The molecule has 0 atom stereocenters. The molecule has 3 aromatic rings. The Morgan fingerprint density at radius 1 is 1.00 bits per heavy atom. The lowest BCUT2D eigenvalue weighted by molar-refractivity contribution is 0.102. The molecule has 29 heavy (non-hydrogen) atoms. The number of ether oxygens (including phenoxy) is 1. The number of nitrogens with zero attached hydrogens (tertiary/aromatic N) is 2. The van der Waals surface area contributed by atoms with E-state index in [9.17, 15) is 4.79 Å². The second-order valence-electron chi connectivity index (χ2n) is 6.94. The van der Waals surface area contributed by atoms with Crippen molar-refractivity contribution in [3.05, 3.63) is 78.0 Å². The first kappa shape index (κ1) is 19.0. The number of hydrogen-bond donors (Lipinski definition) is 2. The molecule has 0 bridgehead atoms. The van der Waals surface area contributed by atoms with Gasteiger partial charge in [0.1, 0.15) is 5.82 Å². The summed E-state index contributed by atoms with van der Waals surface area (Å²) >= 11 is 0. The third kappa shape index (κ3) is 4.55. The van der Waals surface area contributed by atoms with Crippen LogP contribution in [0.25, 0.3) is 0 Å². The highest BCUT2D eigenvalue weighted by Crippen LogP contribution is 2.29. The largest absolute Gasteiger partial charge is 0.378 e. The Bertz CT molecular complexity index is 999. The number of morpholine rings is 1. The predicted molar refractivity (Wildman–Crippen MR) is 116 cm³/mol. The van der Waals surface area contributed by atoms with E-state index in [1.807, 2.05) is 49.4 Å². The zero-order valence-electron chi connectivity index (χ0n) is 16.4. The molecule has 1 amide bonds. The number of nitrogens with one attached hydrogen (secondary N) is 2. The Kier molecular flexibility index (Phi) is 5.72. The maximum absolute atomic E-state index is 12.7. The van der Waals surface area contributed by atoms with Gasteiger partial charge in [-0.25, -0.2) is 4.98 Å². The van der Waals surface area contributed by atoms with Crippen LogP contribution in [0.2, 0.25) is 0 Å². The Hall–Kier alpha value is -3.38. The number of aromatic nitrogens is 1. The minimum Gasteiger partial charge on any atom is -0.378 e. The second-order valence-corrected chi connectivity index (χ2v) is 6.94. The van der Waals surface area contributed by atoms with E-state index in [-0.39, 0.29) is 5.91 Å². The molecule has 1 aliphatic heterocycles. The van der Waals surface area contributed by atoms with Crippen molar-refractivity contribution < 1.29 is 9.53 Å². The summed E-state index contributed by atoms with van der Waals surface area (Å²) in [6, 6.07) is 19.3. The lowest BCUT2D eigenvalue weighted by Gasteiger charge is -2.30. The van der Waals surface area contributed by atoms with Crippen molar-refractivity contribution in [2.45, 2.75) is 6.92 Å². The van der Waals surface area contributed by atoms with Gasteiger partial charge in [0.25, 0.3) is 5.91 Å². The second kappa shape index (κ2) is 8.75. The number of carbonyl (C=O) groups excluding carboxylic acids is 1. The molecule has 0 aliphatic carbocycles. The fourth-order valence-corrected chi connectivity index (χ4v) is 3.35. The van der Waals surface area contributed by atoms with Crippen LogP contribution >= 0.6 is 0 Å². The van der Waals surface area contributed by atoms with Crippen molar-refractivity contribution in [2.75, 3.05) is 41.8 Å². The van der Waals surface area contributed by atoms with Crippen molar-refractivity contribution in [3.8, 4) is 0 Å². The van der Waals surface area contributed by atoms with Crippen molar-refractivity contribution in [2.24, 2.45) is 0 Å². The number of benzene rings is 2. The summed E-state index contributed by atoms with van der Waals surface area (Å²) < 4.78 is 5.46. The first-order chi connectivity index (χ1) is 14.2. The van der Waals surface area contributed by atoms with Gasteiger partial charge in [0.2, 0.25) is 0 Å². The van der Waals surface area contributed by atoms with Gasteiger partial charge < -0.3 is 20.3 Å². The van der Waals surface area contributed by atoms with Crippen LogP contribution in [0.1, 0.15) is 15.9 Å². The Balaban J connectivity index is 1.53. The molecule has 1 aromatic heterocycles. The highest BCUT2D eigenvalue weighted by molar-refractivity contribution is 6.05. The summed E-state index contributed by atoms with van der Waals surface area (Å²) in [4.78, 5) is 19.4. The van der Waals surface area contributed by atoms with Gasteiger partial charge >= 0.3 is 0 Å². The minimum absolute atomic E-state index is 0.161. The van der Waals surface area contributed by atoms with E-state index in [1.54, 1.807) is 18.3 Å². The molecule has 1 aliphatic rings. The Morgan fingerprint density at radius 2 is 1.72 bits per heavy atom. The van der Waals surface area contributed by atoms with Gasteiger partial charge in [-0.1, -0.05) is 30.3 Å². The highest BCUT2D eigenvalue weighted by Gasteiger charge is 2.15. The summed E-state index contributed by atoms with van der Waals surface area (Å²) in [5, 5.41) is 6.33. The van der Waals surface area contributed by atoms with Gasteiger partial charge in [-0.3, -0.25) is 4.79 Å². The number of anilines is 4. The molecule has 2 N–H and O–H groups in total. The summed E-state index contributed by atoms with van der Waals surface area (Å²) in [5.41, 5.74) is 4.44. The highest BCUT2D eigenvalue weighted by atomic mass is 16.5. The average Bonchev–Trinajstić information content (AvgIpc) is 2.76. The van der Waals surface area contributed by atoms with Crippen LogP contribution in [0.4, 0.5) is 22.9 Å². The summed E-state index contributed by atoms with van der Waals surface area (Å²) in [5.74, 6) is 0.467. The van der Waals surface area contributed by atoms with Gasteiger partial charge in [0.15, 0.2) is 0 Å². The molecule has 1 fully saturated rings. The molecular weight excluding hydrogens is 364 g/mol. The van der Waals surface area contributed by atoms with E-state index in [2.05, 4.69) is 26.6 Å². The number of hydrogen-bond acceptors (Lipinski definition) is 5. The molecule has 1 saturated heterocycles. The van der Waals surface area contributed by atoms with E-state index in [0.29, 0.717) is 11.4 Å². The van der Waals surface area contributed by atoms with Crippen LogP contribution in [0.3, 0.4) is 0 Å². The first-order valence-electron chi connectivity index (χ1n) is 9.72.